The van der Waals surface area contributed by atoms with Gasteiger partial charge < -0.3 is 14.8 Å². The lowest BCUT2D eigenvalue weighted by molar-refractivity contribution is -0.147. The molecule has 4 atom stereocenters. The zero-order valence-electron chi connectivity index (χ0n) is 24.1. The summed E-state index contributed by atoms with van der Waals surface area (Å²) in [6, 6.07) is -0.958. The molecule has 0 radical (unpaired) electrons. The number of esters is 2. The molecule has 13 heteroatoms. The van der Waals surface area contributed by atoms with Crippen LogP contribution in [0.15, 0.2) is 0 Å². The maximum atomic E-state index is 13.1. The van der Waals surface area contributed by atoms with Gasteiger partial charge in [0.1, 0.15) is 12.6 Å². The van der Waals surface area contributed by atoms with Gasteiger partial charge in [-0.25, -0.2) is 9.65 Å². The average Bonchev–Trinajstić information content (AvgIpc) is 3.25. The summed E-state index contributed by atoms with van der Waals surface area (Å²) in [4.78, 5) is 39.6. The minimum Gasteiger partial charge on any atom is -0.468 e. The van der Waals surface area contributed by atoms with Gasteiger partial charge >= 0.3 is 19.7 Å². The monoisotopic (exact) mass is 574 g/mol. The Morgan fingerprint density at radius 3 is 2.44 bits per heavy atom. The van der Waals surface area contributed by atoms with Crippen molar-refractivity contribution in [3.8, 4) is 0 Å². The molecule has 0 aromatic rings. The van der Waals surface area contributed by atoms with Crippen molar-refractivity contribution in [2.75, 3.05) is 47.1 Å². The Hall–Kier alpha value is -1.56. The Bertz CT molecular complexity index is 910. The molecule has 1 aliphatic carbocycles. The molecule has 3 aliphatic rings. The summed E-state index contributed by atoms with van der Waals surface area (Å²) in [5.74, 6) is -1.09. The highest BCUT2D eigenvalue weighted by Gasteiger charge is 2.49. The second-order valence-corrected chi connectivity index (χ2v) is 13.6. The van der Waals surface area contributed by atoms with Crippen LogP contribution in [-0.4, -0.2) is 87.6 Å². The molecule has 2 saturated heterocycles. The van der Waals surface area contributed by atoms with E-state index in [4.69, 9.17) is 13.8 Å². The lowest BCUT2D eigenvalue weighted by Crippen LogP contribution is -2.54. The summed E-state index contributed by atoms with van der Waals surface area (Å²) >= 11 is 0. The average molecular weight is 575 g/mol. The van der Waals surface area contributed by atoms with E-state index in [9.17, 15) is 18.9 Å². The zero-order chi connectivity index (χ0) is 28.7. The van der Waals surface area contributed by atoms with Crippen LogP contribution in [0.5, 0.6) is 0 Å². The first-order chi connectivity index (χ1) is 18.4. The van der Waals surface area contributed by atoms with Crippen molar-refractivity contribution in [1.82, 2.24) is 20.6 Å². The molecule has 2 aliphatic heterocycles. The number of nitrogens with one attached hydrogen (secondary N) is 3. The van der Waals surface area contributed by atoms with Crippen LogP contribution in [-0.2, 0) is 37.5 Å². The Morgan fingerprint density at radius 2 is 1.82 bits per heavy atom. The normalized spacial score (nSPS) is 31.1. The fraction of sp³-hybridized carbons (Fsp3) is 0.885. The third kappa shape index (κ3) is 8.71. The zero-order valence-corrected chi connectivity index (χ0v) is 25.0. The van der Waals surface area contributed by atoms with E-state index < -0.39 is 37.2 Å². The highest BCUT2D eigenvalue weighted by atomic mass is 31.2. The molecule has 39 heavy (non-hydrogen) atoms. The first kappa shape index (κ1) is 32.0. The molecule has 3 fully saturated rings. The first-order valence-corrected chi connectivity index (χ1v) is 15.6. The molecular formula is C26H47N4O8P. The highest BCUT2D eigenvalue weighted by Crippen LogP contribution is 2.53. The van der Waals surface area contributed by atoms with Crippen molar-refractivity contribution < 1.29 is 37.5 Å². The lowest BCUT2D eigenvalue weighted by atomic mass is 9.77. The van der Waals surface area contributed by atoms with Gasteiger partial charge in [-0.2, -0.15) is 0 Å². The molecule has 0 aromatic heterocycles. The van der Waals surface area contributed by atoms with Crippen LogP contribution in [0.4, 0.5) is 0 Å². The largest absolute Gasteiger partial charge is 0.468 e. The predicted octanol–water partition coefficient (Wildman–Crippen LogP) is 2.33. The van der Waals surface area contributed by atoms with Gasteiger partial charge in [0.2, 0.25) is 5.91 Å². The van der Waals surface area contributed by atoms with Crippen LogP contribution in [0.1, 0.15) is 72.1 Å². The van der Waals surface area contributed by atoms with Crippen molar-refractivity contribution in [2.24, 2.45) is 11.3 Å². The van der Waals surface area contributed by atoms with Crippen LogP contribution in [0.25, 0.3) is 0 Å². The van der Waals surface area contributed by atoms with Crippen molar-refractivity contribution in [1.29, 1.82) is 0 Å². The highest BCUT2D eigenvalue weighted by molar-refractivity contribution is 7.51. The van der Waals surface area contributed by atoms with Crippen molar-refractivity contribution in [3.05, 3.63) is 0 Å². The molecule has 12 nitrogen and oxygen atoms in total. The van der Waals surface area contributed by atoms with Crippen LogP contribution >= 0.6 is 7.75 Å². The van der Waals surface area contributed by atoms with Gasteiger partial charge in [-0.1, -0.05) is 46.0 Å². The Labute approximate surface area is 232 Å². The summed E-state index contributed by atoms with van der Waals surface area (Å²) in [6.07, 6.45) is 7.35. The number of carbonyl (C=O) groups excluding carboxylic acids is 3. The van der Waals surface area contributed by atoms with E-state index >= 15 is 0 Å². The standard InChI is InChI=1S/C26H47N4O8P/c1-19(24(33)35-5)29-39(34)37-16-25(2,3)22(38-39)23(32)27-14-13-21(31)36-17-26(15-30(4)18-28-26)20-11-9-7-6-8-10-12-20/h19-20,22,28H,6-18H2,1-5H3,(H,27,32)(H,29,34)/t19-,22-,26?,39+/m0/s1. The number of methoxy groups -OCH3 is 1. The number of likely N-dealkylation sites (N-methyl/N-ethyl adjacent to an activating group) is 1. The van der Waals surface area contributed by atoms with Crippen molar-refractivity contribution in [2.45, 2.75) is 89.8 Å². The Kier molecular flexibility index (Phi) is 11.4. The van der Waals surface area contributed by atoms with E-state index in [0.717, 1.165) is 26.1 Å². The van der Waals surface area contributed by atoms with E-state index in [-0.39, 0.29) is 31.1 Å². The molecule has 3 rings (SSSR count). The van der Waals surface area contributed by atoms with E-state index in [0.29, 0.717) is 12.5 Å². The third-order valence-electron chi connectivity index (χ3n) is 7.96. The number of amides is 1. The number of carbonyl (C=O) groups is 3. The van der Waals surface area contributed by atoms with Crippen LogP contribution in [0.3, 0.4) is 0 Å². The lowest BCUT2D eigenvalue weighted by Gasteiger charge is -2.40. The smallest absolute Gasteiger partial charge is 0.407 e. The molecular weight excluding hydrogens is 527 g/mol. The number of nitrogens with zero attached hydrogens (tertiary/aromatic N) is 1. The van der Waals surface area contributed by atoms with Crippen molar-refractivity contribution in [3.63, 3.8) is 0 Å². The summed E-state index contributed by atoms with van der Waals surface area (Å²) < 4.78 is 34.4. The topological polar surface area (TPSA) is 145 Å². The summed E-state index contributed by atoms with van der Waals surface area (Å²) in [6.45, 7) is 6.88. The minimum absolute atomic E-state index is 0.00125. The van der Waals surface area contributed by atoms with Gasteiger partial charge in [0.15, 0.2) is 6.10 Å². The summed E-state index contributed by atoms with van der Waals surface area (Å²) in [5, 5.41) is 8.84. The minimum atomic E-state index is -3.95. The van der Waals surface area contributed by atoms with E-state index in [1.54, 1.807) is 13.8 Å². The Balaban J connectivity index is 1.50. The molecule has 0 bridgehead atoms. The van der Waals surface area contributed by atoms with Crippen LogP contribution in [0.2, 0.25) is 0 Å². The SMILES string of the molecule is COC(=O)[C@H](C)N[P@@]1(=O)OCC(C)(C)[C@H](C(=O)NCCC(=O)OCC2(C3CCCCCCC3)CN(C)CN2)O1. The van der Waals surface area contributed by atoms with Crippen LogP contribution in [0, 0.1) is 11.3 Å². The molecule has 0 spiro atoms. The second kappa shape index (κ2) is 13.9. The molecule has 0 aromatic carbocycles. The quantitative estimate of drug-likeness (QED) is 0.261. The van der Waals surface area contributed by atoms with Crippen molar-refractivity contribution >= 4 is 25.6 Å². The number of hydrogen-bond acceptors (Lipinski definition) is 10. The number of hydrogen-bond donors (Lipinski definition) is 3. The van der Waals surface area contributed by atoms with Gasteiger partial charge in [0, 0.05) is 25.2 Å². The molecule has 1 unspecified atom stereocenters. The molecule has 3 N–H and O–H groups in total. The van der Waals surface area contributed by atoms with E-state index in [2.05, 4.69) is 32.4 Å². The van der Waals surface area contributed by atoms with Gasteiger partial charge in [-0.05, 0) is 32.7 Å². The maximum absolute atomic E-state index is 13.1. The second-order valence-electron chi connectivity index (χ2n) is 11.9. The van der Waals surface area contributed by atoms with Crippen LogP contribution < -0.4 is 15.7 Å². The maximum Gasteiger partial charge on any atom is 0.407 e. The predicted molar refractivity (Wildman–Crippen MR) is 145 cm³/mol. The van der Waals surface area contributed by atoms with E-state index in [1.807, 2.05) is 0 Å². The fourth-order valence-corrected chi connectivity index (χ4v) is 7.56. The van der Waals surface area contributed by atoms with Gasteiger partial charge in [-0.15, -0.1) is 0 Å². The fourth-order valence-electron chi connectivity index (χ4n) is 5.62. The Morgan fingerprint density at radius 1 is 1.15 bits per heavy atom. The number of ether oxygens (including phenoxy) is 2. The molecule has 2 heterocycles. The van der Waals surface area contributed by atoms with Gasteiger partial charge in [-0.3, -0.25) is 33.6 Å². The molecule has 224 valence electrons. The summed E-state index contributed by atoms with van der Waals surface area (Å²) in [5.41, 5.74) is -1.04. The third-order valence-corrected chi connectivity index (χ3v) is 9.62. The molecule has 1 amide bonds. The van der Waals surface area contributed by atoms with Gasteiger partial charge in [0.25, 0.3) is 0 Å². The number of rotatable bonds is 10. The molecule has 1 saturated carbocycles. The first-order valence-electron chi connectivity index (χ1n) is 14.1. The summed E-state index contributed by atoms with van der Waals surface area (Å²) in [7, 11) is -0.666. The van der Waals surface area contributed by atoms with Gasteiger partial charge in [0.05, 0.1) is 25.7 Å². The van der Waals surface area contributed by atoms with E-state index in [1.165, 1.54) is 46.1 Å².